The number of aryl methyl sites for hydroxylation is 3. The highest BCUT2D eigenvalue weighted by molar-refractivity contribution is 5.86. The van der Waals surface area contributed by atoms with E-state index in [9.17, 15) is 13.2 Å². The number of hydrogen-bond acceptors (Lipinski definition) is 2. The van der Waals surface area contributed by atoms with Crippen LogP contribution in [-0.4, -0.2) is 27.5 Å². The van der Waals surface area contributed by atoms with E-state index in [0.717, 1.165) is 31.1 Å². The molecule has 3 nitrogen and oxygen atoms in total. The highest BCUT2D eigenvalue weighted by Gasteiger charge is 2.32. The molecule has 2 aromatic heterocycles. The number of nitrogens with zero attached hydrogens (tertiary/aromatic N) is 3. The van der Waals surface area contributed by atoms with Gasteiger partial charge in [-0.3, -0.25) is 9.88 Å². The third-order valence-electron chi connectivity index (χ3n) is 5.83. The molecule has 0 fully saturated rings. The Morgan fingerprint density at radius 1 is 1.18 bits per heavy atom. The zero-order chi connectivity index (χ0) is 20.1. The fourth-order valence-corrected chi connectivity index (χ4v) is 4.08. The molecule has 28 heavy (non-hydrogen) atoms. The molecule has 1 unspecified atom stereocenters. The van der Waals surface area contributed by atoms with Gasteiger partial charge in [0.15, 0.2) is 0 Å². The van der Waals surface area contributed by atoms with Crippen LogP contribution in [0.4, 0.5) is 13.2 Å². The first-order valence-corrected chi connectivity index (χ1v) is 9.57. The minimum absolute atomic E-state index is 0.462. The number of rotatable bonds is 3. The van der Waals surface area contributed by atoms with E-state index in [0.29, 0.717) is 12.5 Å². The van der Waals surface area contributed by atoms with Crippen LogP contribution in [0.1, 0.15) is 35.0 Å². The Bertz CT molecular complexity index is 1000. The summed E-state index contributed by atoms with van der Waals surface area (Å²) in [5.41, 5.74) is 5.15. The summed E-state index contributed by atoms with van der Waals surface area (Å²) in [6.07, 6.45) is -1.42. The average molecular weight is 387 g/mol. The van der Waals surface area contributed by atoms with Crippen molar-refractivity contribution in [1.29, 1.82) is 0 Å². The first kappa shape index (κ1) is 19.0. The van der Waals surface area contributed by atoms with Gasteiger partial charge in [0.25, 0.3) is 0 Å². The fraction of sp³-hybridized carbons (Fsp3) is 0.409. The molecule has 0 amide bonds. The van der Waals surface area contributed by atoms with Crippen LogP contribution >= 0.6 is 0 Å². The van der Waals surface area contributed by atoms with Gasteiger partial charge in [-0.1, -0.05) is 17.7 Å². The van der Waals surface area contributed by atoms with Gasteiger partial charge in [0.05, 0.1) is 0 Å². The van der Waals surface area contributed by atoms with E-state index in [-0.39, 0.29) is 0 Å². The largest absolute Gasteiger partial charge is 0.433 e. The molecule has 0 saturated carbocycles. The minimum Gasteiger partial charge on any atom is -0.344 e. The van der Waals surface area contributed by atoms with Crippen LogP contribution in [0.15, 0.2) is 36.5 Å². The van der Waals surface area contributed by atoms with E-state index in [1.54, 1.807) is 0 Å². The number of hydrogen-bond donors (Lipinski definition) is 0. The Hall–Kier alpha value is -2.34. The SMILES string of the molecule is Cc1ccc2c(c1)c1c(n2CCc2ccc(C(F)(F)F)nc2)CC(C)N(C)C1. The molecule has 1 aliphatic rings. The number of halogens is 3. The summed E-state index contributed by atoms with van der Waals surface area (Å²) in [5.74, 6) is 0. The van der Waals surface area contributed by atoms with E-state index >= 15 is 0 Å². The quantitative estimate of drug-likeness (QED) is 0.632. The normalized spacial score (nSPS) is 17.9. The maximum atomic E-state index is 12.7. The second-order valence-electron chi connectivity index (χ2n) is 7.87. The third kappa shape index (κ3) is 3.41. The fourth-order valence-electron chi connectivity index (χ4n) is 4.08. The smallest absolute Gasteiger partial charge is 0.344 e. The van der Waals surface area contributed by atoms with Gasteiger partial charge in [-0.2, -0.15) is 13.2 Å². The number of aromatic nitrogens is 2. The topological polar surface area (TPSA) is 21.1 Å². The standard InChI is InChI=1S/C22H24F3N3/c1-14-4-6-19-17(10-14)18-13-27(3)15(2)11-20(18)28(19)9-8-16-5-7-21(26-12-16)22(23,24)25/h4-7,10,12,15H,8-9,11,13H2,1-3H3. The molecule has 1 atom stereocenters. The van der Waals surface area contributed by atoms with Crippen molar-refractivity contribution in [3.8, 4) is 0 Å². The molecule has 0 bridgehead atoms. The highest BCUT2D eigenvalue weighted by Crippen LogP contribution is 2.33. The number of fused-ring (bicyclic) bond motifs is 3. The first-order valence-electron chi connectivity index (χ1n) is 9.57. The van der Waals surface area contributed by atoms with Crippen molar-refractivity contribution < 1.29 is 13.2 Å². The monoisotopic (exact) mass is 387 g/mol. The highest BCUT2D eigenvalue weighted by atomic mass is 19.4. The molecule has 4 rings (SSSR count). The van der Waals surface area contributed by atoms with E-state index in [2.05, 4.69) is 53.5 Å². The molecule has 0 spiro atoms. The second kappa shape index (κ2) is 6.92. The van der Waals surface area contributed by atoms with E-state index in [1.807, 2.05) is 0 Å². The van der Waals surface area contributed by atoms with Crippen LogP contribution in [0, 0.1) is 6.92 Å². The molecule has 1 aromatic carbocycles. The van der Waals surface area contributed by atoms with Gasteiger partial charge in [0.1, 0.15) is 5.69 Å². The van der Waals surface area contributed by atoms with Crippen molar-refractivity contribution in [3.63, 3.8) is 0 Å². The summed E-state index contributed by atoms with van der Waals surface area (Å²) in [6.45, 7) is 5.99. The molecule has 0 aliphatic carbocycles. The molecule has 3 heterocycles. The van der Waals surface area contributed by atoms with Gasteiger partial charge >= 0.3 is 6.18 Å². The van der Waals surface area contributed by atoms with E-state index < -0.39 is 11.9 Å². The molecule has 0 N–H and O–H groups in total. The Morgan fingerprint density at radius 3 is 2.64 bits per heavy atom. The van der Waals surface area contributed by atoms with Crippen molar-refractivity contribution in [1.82, 2.24) is 14.5 Å². The number of benzene rings is 1. The number of pyridine rings is 1. The lowest BCUT2D eigenvalue weighted by Gasteiger charge is -2.31. The summed E-state index contributed by atoms with van der Waals surface area (Å²) in [7, 11) is 2.15. The maximum Gasteiger partial charge on any atom is 0.433 e. The molecule has 148 valence electrons. The van der Waals surface area contributed by atoms with Crippen molar-refractivity contribution in [2.45, 2.75) is 52.0 Å². The Kier molecular flexibility index (Phi) is 4.70. The zero-order valence-corrected chi connectivity index (χ0v) is 16.3. The Morgan fingerprint density at radius 2 is 1.96 bits per heavy atom. The lowest BCUT2D eigenvalue weighted by Crippen LogP contribution is -2.35. The van der Waals surface area contributed by atoms with Crippen LogP contribution < -0.4 is 0 Å². The van der Waals surface area contributed by atoms with E-state index in [1.165, 1.54) is 40.0 Å². The van der Waals surface area contributed by atoms with Crippen LogP contribution in [0.5, 0.6) is 0 Å². The molecule has 6 heteroatoms. The Balaban J connectivity index is 1.66. The van der Waals surface area contributed by atoms with Gasteiger partial charge in [-0.15, -0.1) is 0 Å². The van der Waals surface area contributed by atoms with Crippen molar-refractivity contribution in [3.05, 3.63) is 64.6 Å². The van der Waals surface area contributed by atoms with Crippen LogP contribution in [0.25, 0.3) is 10.9 Å². The predicted molar refractivity (Wildman–Crippen MR) is 104 cm³/mol. The zero-order valence-electron chi connectivity index (χ0n) is 16.3. The van der Waals surface area contributed by atoms with Gasteiger partial charge in [0.2, 0.25) is 0 Å². The van der Waals surface area contributed by atoms with Gasteiger partial charge in [0, 0.05) is 48.3 Å². The summed E-state index contributed by atoms with van der Waals surface area (Å²) >= 11 is 0. The summed E-state index contributed by atoms with van der Waals surface area (Å²) in [4.78, 5) is 5.96. The molecule has 3 aromatic rings. The lowest BCUT2D eigenvalue weighted by molar-refractivity contribution is -0.141. The number of likely N-dealkylation sites (N-methyl/N-ethyl adjacent to an activating group) is 1. The predicted octanol–water partition coefficient (Wildman–Crippen LogP) is 4.98. The van der Waals surface area contributed by atoms with E-state index in [4.69, 9.17) is 0 Å². The van der Waals surface area contributed by atoms with Crippen LogP contribution in [0.3, 0.4) is 0 Å². The molecule has 1 aliphatic heterocycles. The van der Waals surface area contributed by atoms with Crippen LogP contribution in [0.2, 0.25) is 0 Å². The van der Waals surface area contributed by atoms with Crippen molar-refractivity contribution in [2.24, 2.45) is 0 Å². The summed E-state index contributed by atoms with van der Waals surface area (Å²) < 4.78 is 40.5. The molecule has 0 saturated heterocycles. The minimum atomic E-state index is -4.39. The molecule has 0 radical (unpaired) electrons. The second-order valence-corrected chi connectivity index (χ2v) is 7.87. The lowest BCUT2D eigenvalue weighted by atomic mass is 9.99. The Labute approximate surface area is 162 Å². The summed E-state index contributed by atoms with van der Waals surface area (Å²) in [5, 5.41) is 1.29. The molecular weight excluding hydrogens is 363 g/mol. The van der Waals surface area contributed by atoms with Crippen LogP contribution in [-0.2, 0) is 32.1 Å². The number of alkyl halides is 3. The van der Waals surface area contributed by atoms with Gasteiger partial charge in [-0.25, -0.2) is 0 Å². The third-order valence-corrected chi connectivity index (χ3v) is 5.83. The maximum absolute atomic E-state index is 12.7. The first-order chi connectivity index (χ1) is 13.2. The van der Waals surface area contributed by atoms with Gasteiger partial charge < -0.3 is 4.57 Å². The van der Waals surface area contributed by atoms with Gasteiger partial charge in [-0.05, 0) is 56.6 Å². The average Bonchev–Trinajstić information content (AvgIpc) is 2.92. The van der Waals surface area contributed by atoms with Crippen molar-refractivity contribution in [2.75, 3.05) is 7.05 Å². The summed E-state index contributed by atoms with van der Waals surface area (Å²) in [6, 6.07) is 9.60. The van der Waals surface area contributed by atoms with Crippen molar-refractivity contribution >= 4 is 10.9 Å². The molecular formula is C22H24F3N3.